The van der Waals surface area contributed by atoms with Gasteiger partial charge in [-0.2, -0.15) is 21.6 Å². The first-order chi connectivity index (χ1) is 11.9. The highest BCUT2D eigenvalue weighted by atomic mass is 32.2. The van der Waals surface area contributed by atoms with Crippen LogP contribution in [0.25, 0.3) is 0 Å². The van der Waals surface area contributed by atoms with E-state index in [1.54, 1.807) is 0 Å². The van der Waals surface area contributed by atoms with Crippen LogP contribution in [0.15, 0.2) is 29.2 Å². The number of benzene rings is 1. The molecule has 0 aromatic heterocycles. The Labute approximate surface area is 145 Å². The molecule has 12 heteroatoms. The number of rotatable bonds is 5. The highest BCUT2D eigenvalue weighted by Crippen LogP contribution is 2.30. The number of carboxylic acid groups (broad SMARTS) is 2. The second-order valence-corrected chi connectivity index (χ2v) is 7.15. The highest BCUT2D eigenvalue weighted by Gasteiger charge is 2.42. The molecule has 1 heterocycles. The van der Waals surface area contributed by atoms with Gasteiger partial charge >= 0.3 is 18.2 Å². The van der Waals surface area contributed by atoms with Crippen LogP contribution in [0.5, 0.6) is 0 Å². The largest absolute Gasteiger partial charge is 0.480 e. The first-order valence-electron chi connectivity index (χ1n) is 7.24. The molecule has 26 heavy (non-hydrogen) atoms. The third kappa shape index (κ3) is 4.25. The molecule has 0 radical (unpaired) electrons. The van der Waals surface area contributed by atoms with E-state index < -0.39 is 57.5 Å². The zero-order valence-corrected chi connectivity index (χ0v) is 13.8. The molecule has 0 aliphatic carbocycles. The SMILES string of the molecule is O=C(O)C1CCC(COS(=O)(=O)c2ccc(C(F)(F)F)cc2)N1C(=O)O. The van der Waals surface area contributed by atoms with Crippen LogP contribution >= 0.6 is 0 Å². The van der Waals surface area contributed by atoms with E-state index in [9.17, 15) is 31.2 Å². The number of aliphatic carboxylic acids is 1. The second kappa shape index (κ2) is 7.11. The number of nitrogens with zero attached hydrogens (tertiary/aromatic N) is 1. The van der Waals surface area contributed by atoms with Gasteiger partial charge < -0.3 is 10.2 Å². The average Bonchev–Trinajstić information content (AvgIpc) is 2.97. The minimum absolute atomic E-state index is 0.00398. The maximum absolute atomic E-state index is 12.5. The fraction of sp³-hybridized carbons (Fsp3) is 0.429. The lowest BCUT2D eigenvalue weighted by molar-refractivity contribution is -0.142. The first kappa shape index (κ1) is 20.0. The molecule has 1 aliphatic rings. The highest BCUT2D eigenvalue weighted by molar-refractivity contribution is 7.86. The molecule has 1 fully saturated rings. The Morgan fingerprint density at radius 3 is 2.19 bits per heavy atom. The Morgan fingerprint density at radius 2 is 1.73 bits per heavy atom. The number of carboxylic acids is 1. The summed E-state index contributed by atoms with van der Waals surface area (Å²) in [6.45, 7) is -0.639. The van der Waals surface area contributed by atoms with Gasteiger partial charge in [0.15, 0.2) is 0 Å². The van der Waals surface area contributed by atoms with Crippen molar-refractivity contribution >= 4 is 22.2 Å². The van der Waals surface area contributed by atoms with Crippen molar-refractivity contribution in [2.24, 2.45) is 0 Å². The van der Waals surface area contributed by atoms with Crippen molar-refractivity contribution in [3.05, 3.63) is 29.8 Å². The molecule has 0 spiro atoms. The molecule has 1 amide bonds. The summed E-state index contributed by atoms with van der Waals surface area (Å²) in [6, 6.07) is 0.294. The Morgan fingerprint density at radius 1 is 1.15 bits per heavy atom. The predicted octanol–water partition coefficient (Wildman–Crippen LogP) is 2.01. The number of carbonyl (C=O) groups is 2. The van der Waals surface area contributed by atoms with Crippen LogP contribution in [-0.2, 0) is 25.3 Å². The van der Waals surface area contributed by atoms with Crippen LogP contribution in [0.1, 0.15) is 18.4 Å². The van der Waals surface area contributed by atoms with Gasteiger partial charge in [-0.1, -0.05) is 0 Å². The van der Waals surface area contributed by atoms with Crippen molar-refractivity contribution in [1.82, 2.24) is 4.90 Å². The number of amides is 1. The quantitative estimate of drug-likeness (QED) is 0.729. The van der Waals surface area contributed by atoms with Crippen LogP contribution in [0, 0.1) is 0 Å². The van der Waals surface area contributed by atoms with Crippen molar-refractivity contribution in [3.63, 3.8) is 0 Å². The Hall–Kier alpha value is -2.34. The lowest BCUT2D eigenvalue weighted by Crippen LogP contribution is -2.46. The minimum Gasteiger partial charge on any atom is -0.480 e. The van der Waals surface area contributed by atoms with Gasteiger partial charge in [0.25, 0.3) is 10.1 Å². The standard InChI is InChI=1S/C14H14F3NO7S/c15-14(16,17)8-1-4-10(5-2-8)26(23,24)25-7-9-3-6-11(12(19)20)18(9)13(21)22/h1-2,4-5,9,11H,3,6-7H2,(H,19,20)(H,21,22). The number of alkyl halides is 3. The summed E-state index contributed by atoms with van der Waals surface area (Å²) in [5, 5.41) is 18.1. The Bertz CT molecular complexity index is 792. The van der Waals surface area contributed by atoms with Crippen LogP contribution in [0.3, 0.4) is 0 Å². The predicted molar refractivity (Wildman–Crippen MR) is 78.9 cm³/mol. The molecule has 1 aliphatic heterocycles. The van der Waals surface area contributed by atoms with E-state index >= 15 is 0 Å². The molecule has 1 saturated heterocycles. The molecule has 0 bridgehead atoms. The smallest absolute Gasteiger partial charge is 0.416 e. The van der Waals surface area contributed by atoms with E-state index in [0.717, 1.165) is 12.1 Å². The van der Waals surface area contributed by atoms with Crippen LogP contribution < -0.4 is 0 Å². The molecule has 2 N–H and O–H groups in total. The van der Waals surface area contributed by atoms with Crippen LogP contribution in [-0.4, -0.2) is 54.3 Å². The lowest BCUT2D eigenvalue weighted by atomic mass is 10.2. The number of hydrogen-bond acceptors (Lipinski definition) is 5. The molecule has 8 nitrogen and oxygen atoms in total. The molecule has 2 atom stereocenters. The summed E-state index contributed by atoms with van der Waals surface area (Å²) in [6.07, 6.45) is -6.08. The third-order valence-corrected chi connectivity index (χ3v) is 5.19. The van der Waals surface area contributed by atoms with Gasteiger partial charge in [0.2, 0.25) is 0 Å². The summed E-state index contributed by atoms with van der Waals surface area (Å²) in [5.74, 6) is -1.36. The minimum atomic E-state index is -4.62. The molecule has 2 unspecified atom stereocenters. The topological polar surface area (TPSA) is 121 Å². The van der Waals surface area contributed by atoms with Crippen molar-refractivity contribution in [2.75, 3.05) is 6.61 Å². The molecular weight excluding hydrogens is 383 g/mol. The van der Waals surface area contributed by atoms with E-state index in [0.29, 0.717) is 17.0 Å². The second-order valence-electron chi connectivity index (χ2n) is 5.54. The number of likely N-dealkylation sites (tertiary alicyclic amines) is 1. The number of halogens is 3. The molecule has 0 saturated carbocycles. The normalized spacial score (nSPS) is 21.0. The van der Waals surface area contributed by atoms with Gasteiger partial charge in [-0.05, 0) is 37.1 Å². The monoisotopic (exact) mass is 397 g/mol. The van der Waals surface area contributed by atoms with Gasteiger partial charge in [0, 0.05) is 0 Å². The van der Waals surface area contributed by atoms with Crippen molar-refractivity contribution in [1.29, 1.82) is 0 Å². The zero-order chi connectivity index (χ0) is 19.7. The Kier molecular flexibility index (Phi) is 5.47. The lowest BCUT2D eigenvalue weighted by Gasteiger charge is -2.24. The maximum atomic E-state index is 12.5. The van der Waals surface area contributed by atoms with Crippen molar-refractivity contribution in [3.8, 4) is 0 Å². The van der Waals surface area contributed by atoms with Gasteiger partial charge in [0.1, 0.15) is 6.04 Å². The Balaban J connectivity index is 2.10. The van der Waals surface area contributed by atoms with E-state index in [2.05, 4.69) is 0 Å². The molecule has 2 rings (SSSR count). The molecule has 1 aromatic carbocycles. The summed E-state index contributed by atoms with van der Waals surface area (Å²) in [5.41, 5.74) is -1.03. The molecule has 1 aromatic rings. The van der Waals surface area contributed by atoms with E-state index in [1.165, 1.54) is 0 Å². The summed E-state index contributed by atoms with van der Waals surface area (Å²) < 4.78 is 66.3. The van der Waals surface area contributed by atoms with E-state index in [1.807, 2.05) is 0 Å². The maximum Gasteiger partial charge on any atom is 0.416 e. The number of hydrogen-bond donors (Lipinski definition) is 2. The van der Waals surface area contributed by atoms with Gasteiger partial charge in [-0.3, -0.25) is 9.08 Å². The van der Waals surface area contributed by atoms with Gasteiger partial charge in [-0.15, -0.1) is 0 Å². The van der Waals surface area contributed by atoms with Crippen LogP contribution in [0.2, 0.25) is 0 Å². The van der Waals surface area contributed by atoms with Crippen molar-refractivity contribution in [2.45, 2.75) is 36.0 Å². The zero-order valence-electron chi connectivity index (χ0n) is 13.0. The average molecular weight is 397 g/mol. The molecular formula is C14H14F3NO7S. The summed E-state index contributed by atoms with van der Waals surface area (Å²) >= 11 is 0. The fourth-order valence-corrected chi connectivity index (χ4v) is 3.57. The van der Waals surface area contributed by atoms with Gasteiger partial charge in [-0.25, -0.2) is 9.59 Å². The van der Waals surface area contributed by atoms with E-state index in [-0.39, 0.29) is 12.8 Å². The fourth-order valence-electron chi connectivity index (χ4n) is 2.63. The summed E-state index contributed by atoms with van der Waals surface area (Å²) in [7, 11) is -4.43. The molecule has 144 valence electrons. The summed E-state index contributed by atoms with van der Waals surface area (Å²) in [4.78, 5) is 22.3. The first-order valence-corrected chi connectivity index (χ1v) is 8.65. The van der Waals surface area contributed by atoms with E-state index in [4.69, 9.17) is 14.4 Å². The van der Waals surface area contributed by atoms with Gasteiger partial charge in [0.05, 0.1) is 23.1 Å². The van der Waals surface area contributed by atoms with Crippen LogP contribution in [0.4, 0.5) is 18.0 Å². The van der Waals surface area contributed by atoms with Crippen molar-refractivity contribution < 1.29 is 45.6 Å². The third-order valence-electron chi connectivity index (χ3n) is 3.89.